The van der Waals surface area contributed by atoms with Crippen LogP contribution >= 0.6 is 11.6 Å². The monoisotopic (exact) mass is 681 g/mol. The Bertz CT molecular complexity index is 1780. The second kappa shape index (κ2) is 10.9. The molecule has 0 radical (unpaired) electrons. The van der Waals surface area contributed by atoms with Gasteiger partial charge in [0.1, 0.15) is 6.04 Å². The zero-order chi connectivity index (χ0) is 33.6. The Morgan fingerprint density at radius 1 is 1.09 bits per heavy atom. The minimum atomic E-state index is -4.94. The number of imidazole rings is 1. The molecule has 1 aromatic carbocycles. The molecule has 4 amide bonds. The van der Waals surface area contributed by atoms with Gasteiger partial charge in [0.05, 0.1) is 28.0 Å². The molecule has 18 heteroatoms. The van der Waals surface area contributed by atoms with E-state index in [1.54, 1.807) is 9.80 Å². The van der Waals surface area contributed by atoms with Crippen molar-refractivity contribution >= 4 is 35.1 Å². The van der Waals surface area contributed by atoms with Crippen LogP contribution in [0.25, 0.3) is 11.3 Å². The molecule has 2 saturated heterocycles. The summed E-state index contributed by atoms with van der Waals surface area (Å²) >= 11 is 6.39. The lowest BCUT2D eigenvalue weighted by atomic mass is 10.2. The first-order chi connectivity index (χ1) is 22.1. The molecule has 2 aromatic heterocycles. The normalized spacial score (nSPS) is 25.9. The summed E-state index contributed by atoms with van der Waals surface area (Å²) in [7, 11) is 1.31. The predicted octanol–water partition coefficient (Wildman–Crippen LogP) is 3.60. The van der Waals surface area contributed by atoms with Gasteiger partial charge in [-0.1, -0.05) is 11.6 Å². The number of hydrogen-bond donors (Lipinski definition) is 3. The van der Waals surface area contributed by atoms with E-state index in [0.29, 0.717) is 30.9 Å². The Kier molecular flexibility index (Phi) is 7.27. The van der Waals surface area contributed by atoms with E-state index in [1.807, 2.05) is 0 Å². The third-order valence-electron chi connectivity index (χ3n) is 9.31. The highest BCUT2D eigenvalue weighted by atomic mass is 35.5. The summed E-state index contributed by atoms with van der Waals surface area (Å²) in [5.74, 6) is -4.32. The molecule has 4 fully saturated rings. The number of nitrogens with one attached hydrogen (secondary N) is 2. The zero-order valence-electron chi connectivity index (χ0n) is 24.8. The van der Waals surface area contributed by atoms with Crippen molar-refractivity contribution in [2.24, 2.45) is 24.6 Å². The van der Waals surface area contributed by atoms with Gasteiger partial charge in [0.2, 0.25) is 0 Å². The molecule has 47 heavy (non-hydrogen) atoms. The summed E-state index contributed by atoms with van der Waals surface area (Å²) in [6.45, 7) is 2.28. The smallest absolute Gasteiger partial charge is 0.349 e. The molecule has 2 aliphatic carbocycles. The largest absolute Gasteiger partial charge is 0.435 e. The lowest BCUT2D eigenvalue weighted by Crippen LogP contribution is -2.44. The van der Waals surface area contributed by atoms with Gasteiger partial charge in [-0.25, -0.2) is 18.6 Å². The van der Waals surface area contributed by atoms with Gasteiger partial charge in [-0.2, -0.15) is 18.3 Å². The Hall–Kier alpha value is -4.25. The van der Waals surface area contributed by atoms with Crippen LogP contribution in [0.5, 0.6) is 0 Å². The zero-order valence-corrected chi connectivity index (χ0v) is 25.5. The number of halogens is 6. The van der Waals surface area contributed by atoms with Gasteiger partial charge < -0.3 is 30.7 Å². The number of benzene rings is 1. The molecule has 4 aliphatic rings. The molecular weight excluding hydrogens is 653 g/mol. The van der Waals surface area contributed by atoms with Gasteiger partial charge in [-0.15, -0.1) is 0 Å². The van der Waals surface area contributed by atoms with E-state index in [0.717, 1.165) is 23.4 Å². The molecule has 2 aliphatic heterocycles. The van der Waals surface area contributed by atoms with Crippen LogP contribution in [0, 0.1) is 11.8 Å². The Morgan fingerprint density at radius 3 is 2.38 bits per heavy atom. The number of likely N-dealkylation sites (tertiary alicyclic amines) is 2. The summed E-state index contributed by atoms with van der Waals surface area (Å²) in [4.78, 5) is 46.3. The molecule has 4 heterocycles. The summed E-state index contributed by atoms with van der Waals surface area (Å²) in [6, 6.07) is 2.63. The van der Waals surface area contributed by atoms with E-state index in [2.05, 4.69) is 20.7 Å². The van der Waals surface area contributed by atoms with E-state index in [1.165, 1.54) is 25.2 Å². The predicted molar refractivity (Wildman–Crippen MR) is 157 cm³/mol. The van der Waals surface area contributed by atoms with Crippen molar-refractivity contribution in [2.75, 3.05) is 31.5 Å². The molecule has 0 spiro atoms. The van der Waals surface area contributed by atoms with Gasteiger partial charge in [-0.3, -0.25) is 14.3 Å². The van der Waals surface area contributed by atoms with Crippen LogP contribution in [0.15, 0.2) is 30.6 Å². The summed E-state index contributed by atoms with van der Waals surface area (Å²) in [6.07, 6.45) is -2.87. The standard InChI is InChI=1S/C29H29ClF5N9O3/c1-41-20(18-12-44(21-7-28(21,31)32)40-23(18)29(33,34)35)8-37-24(41)26(46)38-14-2-3-15(19(30)6-14)25(45)39-22-16-10-43(11-17(16)22)27(47)42-5-4-13(36)9-42/h2-3,6,8,12-13,16-17,21-22H,4-5,7,9-11,36H2,1H3,(H,38,46)(H,39,45). The maximum Gasteiger partial charge on any atom is 0.435 e. The van der Waals surface area contributed by atoms with Gasteiger partial charge >= 0.3 is 12.2 Å². The summed E-state index contributed by atoms with van der Waals surface area (Å²) in [5.41, 5.74) is 4.26. The SMILES string of the molecule is Cn1c(-c2cn(C3CC3(F)F)nc2C(F)(F)F)cnc1C(=O)Nc1ccc(C(=O)NC2C3CN(C(=O)N4CCC(N)C4)CC32)c(Cl)c1. The average molecular weight is 682 g/mol. The number of nitrogens with zero attached hydrogens (tertiary/aromatic N) is 6. The van der Waals surface area contributed by atoms with Crippen LogP contribution in [0.2, 0.25) is 5.02 Å². The van der Waals surface area contributed by atoms with Gasteiger partial charge in [0, 0.05) is 75.5 Å². The average Bonchev–Trinajstić information content (AvgIpc) is 3.47. The van der Waals surface area contributed by atoms with E-state index in [4.69, 9.17) is 17.3 Å². The van der Waals surface area contributed by atoms with E-state index in [-0.39, 0.29) is 57.7 Å². The number of piperidine rings is 1. The number of carbonyl (C=O) groups excluding carboxylic acids is 3. The molecular formula is C29H29ClF5N9O3. The fraction of sp³-hybridized carbons (Fsp3) is 0.483. The van der Waals surface area contributed by atoms with Crippen LogP contribution in [0.1, 0.15) is 45.6 Å². The number of alkyl halides is 5. The van der Waals surface area contributed by atoms with E-state index in [9.17, 15) is 36.3 Å². The number of fused-ring (bicyclic) bond motifs is 1. The molecule has 4 atom stereocenters. The Morgan fingerprint density at radius 2 is 1.79 bits per heavy atom. The third kappa shape index (κ3) is 5.68. The van der Waals surface area contributed by atoms with E-state index >= 15 is 0 Å². The number of rotatable bonds is 6. The number of aromatic nitrogens is 4. The van der Waals surface area contributed by atoms with Crippen molar-refractivity contribution in [1.29, 1.82) is 0 Å². The van der Waals surface area contributed by atoms with Crippen LogP contribution in [-0.2, 0) is 13.2 Å². The lowest BCUT2D eigenvalue weighted by molar-refractivity contribution is -0.141. The van der Waals surface area contributed by atoms with Crippen molar-refractivity contribution in [3.63, 3.8) is 0 Å². The molecule has 7 rings (SSSR count). The maximum absolute atomic E-state index is 13.7. The van der Waals surface area contributed by atoms with Crippen molar-refractivity contribution < 1.29 is 36.3 Å². The molecule has 0 bridgehead atoms. The van der Waals surface area contributed by atoms with Crippen LogP contribution < -0.4 is 16.4 Å². The van der Waals surface area contributed by atoms with E-state index < -0.39 is 47.6 Å². The molecule has 12 nitrogen and oxygen atoms in total. The van der Waals surface area contributed by atoms with Crippen LogP contribution in [-0.4, -0.2) is 91.2 Å². The summed E-state index contributed by atoms with van der Waals surface area (Å²) < 4.78 is 70.0. The van der Waals surface area contributed by atoms with Gasteiger partial charge in [0.25, 0.3) is 17.7 Å². The van der Waals surface area contributed by atoms with Crippen molar-refractivity contribution in [3.8, 4) is 11.3 Å². The fourth-order valence-electron chi connectivity index (χ4n) is 6.56. The number of amides is 4. The number of urea groups is 1. The number of hydrogen-bond acceptors (Lipinski definition) is 6. The fourth-order valence-corrected chi connectivity index (χ4v) is 6.82. The molecule has 3 aromatic rings. The van der Waals surface area contributed by atoms with Gasteiger partial charge in [0.15, 0.2) is 11.5 Å². The highest BCUT2D eigenvalue weighted by molar-refractivity contribution is 6.34. The lowest BCUT2D eigenvalue weighted by Gasteiger charge is -2.26. The van der Waals surface area contributed by atoms with Crippen molar-refractivity contribution in [1.82, 2.24) is 34.4 Å². The third-order valence-corrected chi connectivity index (χ3v) is 9.62. The first-order valence-electron chi connectivity index (χ1n) is 14.9. The quantitative estimate of drug-likeness (QED) is 0.340. The second-order valence-corrected chi connectivity index (χ2v) is 12.9. The summed E-state index contributed by atoms with van der Waals surface area (Å²) in [5, 5.41) is 8.95. The Balaban J connectivity index is 0.982. The topological polar surface area (TPSA) is 143 Å². The van der Waals surface area contributed by atoms with Crippen LogP contribution in [0.4, 0.5) is 32.4 Å². The Labute approximate surface area is 269 Å². The molecule has 250 valence electrons. The maximum atomic E-state index is 13.7. The second-order valence-electron chi connectivity index (χ2n) is 12.5. The van der Waals surface area contributed by atoms with Crippen molar-refractivity contribution in [2.45, 2.75) is 43.1 Å². The first kappa shape index (κ1) is 31.4. The highest BCUT2D eigenvalue weighted by Crippen LogP contribution is 2.53. The van der Waals surface area contributed by atoms with Gasteiger partial charge in [-0.05, 0) is 24.6 Å². The minimum absolute atomic E-state index is 0.000918. The molecule has 2 saturated carbocycles. The minimum Gasteiger partial charge on any atom is -0.349 e. The molecule has 4 unspecified atom stereocenters. The molecule has 4 N–H and O–H groups in total. The van der Waals surface area contributed by atoms with Crippen LogP contribution in [0.3, 0.4) is 0 Å². The number of carbonyl (C=O) groups is 3. The van der Waals surface area contributed by atoms with Crippen molar-refractivity contribution in [3.05, 3.63) is 52.7 Å². The number of anilines is 1. The first-order valence-corrected chi connectivity index (χ1v) is 15.3. The highest BCUT2D eigenvalue weighted by Gasteiger charge is 2.60. The number of nitrogens with two attached hydrogens (primary N) is 1.